The minimum absolute atomic E-state index is 0.486. The van der Waals surface area contributed by atoms with Crippen LogP contribution in [0.15, 0.2) is 21.2 Å². The number of halogens is 1. The molecule has 1 aliphatic carbocycles. The molecule has 1 aromatic heterocycles. The van der Waals surface area contributed by atoms with E-state index in [9.17, 15) is 10.4 Å². The quantitative estimate of drug-likeness (QED) is 0.841. The second-order valence-corrected chi connectivity index (χ2v) is 5.51. The highest BCUT2D eigenvalue weighted by Crippen LogP contribution is 2.45. The molecule has 0 radical (unpaired) electrons. The molecule has 0 spiro atoms. The van der Waals surface area contributed by atoms with Gasteiger partial charge in [0.05, 0.1) is 11.5 Å². The summed E-state index contributed by atoms with van der Waals surface area (Å²) in [5.41, 5.74) is -0.673. The number of aliphatic hydroxyl groups excluding tert-OH is 1. The smallest absolute Gasteiger partial charge is 0.169 e. The molecule has 17 heavy (non-hydrogen) atoms. The van der Waals surface area contributed by atoms with E-state index in [1.54, 1.807) is 12.1 Å². The van der Waals surface area contributed by atoms with E-state index in [2.05, 4.69) is 22.0 Å². The van der Waals surface area contributed by atoms with Crippen LogP contribution in [0.4, 0.5) is 0 Å². The maximum Gasteiger partial charge on any atom is 0.169 e. The Morgan fingerprint density at radius 3 is 2.41 bits per heavy atom. The molecule has 4 heteroatoms. The number of rotatable bonds is 2. The molecule has 1 fully saturated rings. The van der Waals surface area contributed by atoms with Crippen LogP contribution in [0.3, 0.4) is 0 Å². The SMILES string of the molecule is N#CC1(C(O)c2ccc(Br)o2)CCCCCC1. The van der Waals surface area contributed by atoms with E-state index in [1.165, 1.54) is 0 Å². The number of furan rings is 1. The summed E-state index contributed by atoms with van der Waals surface area (Å²) in [6, 6.07) is 5.82. The van der Waals surface area contributed by atoms with Crippen molar-refractivity contribution in [2.24, 2.45) is 5.41 Å². The molecule has 0 saturated heterocycles. The third-order valence-corrected chi connectivity index (χ3v) is 4.03. The van der Waals surface area contributed by atoms with Crippen LogP contribution in [0.5, 0.6) is 0 Å². The normalized spacial score (nSPS) is 21.5. The molecule has 1 atom stereocenters. The van der Waals surface area contributed by atoms with E-state index < -0.39 is 11.5 Å². The minimum atomic E-state index is -0.822. The molecule has 0 aromatic carbocycles. The summed E-state index contributed by atoms with van der Waals surface area (Å²) in [4.78, 5) is 0. The van der Waals surface area contributed by atoms with Gasteiger partial charge in [0, 0.05) is 0 Å². The third-order valence-electron chi connectivity index (χ3n) is 3.61. The lowest BCUT2D eigenvalue weighted by Gasteiger charge is -2.29. The Bertz CT molecular complexity index is 413. The second kappa shape index (κ2) is 5.24. The van der Waals surface area contributed by atoms with Gasteiger partial charge >= 0.3 is 0 Å². The van der Waals surface area contributed by atoms with Gasteiger partial charge in [0.1, 0.15) is 11.9 Å². The average Bonchev–Trinajstić information content (AvgIpc) is 2.64. The summed E-state index contributed by atoms with van der Waals surface area (Å²) < 4.78 is 5.97. The van der Waals surface area contributed by atoms with Crippen molar-refractivity contribution >= 4 is 15.9 Å². The van der Waals surface area contributed by atoms with E-state index in [0.717, 1.165) is 38.5 Å². The highest BCUT2D eigenvalue weighted by Gasteiger charge is 2.40. The van der Waals surface area contributed by atoms with Crippen LogP contribution in [0.2, 0.25) is 0 Å². The van der Waals surface area contributed by atoms with E-state index in [-0.39, 0.29) is 0 Å². The van der Waals surface area contributed by atoms with Gasteiger partial charge in [0.2, 0.25) is 0 Å². The van der Waals surface area contributed by atoms with Gasteiger partial charge in [-0.3, -0.25) is 0 Å². The first-order valence-corrected chi connectivity index (χ1v) is 6.82. The van der Waals surface area contributed by atoms with Crippen molar-refractivity contribution in [1.29, 1.82) is 5.26 Å². The molecule has 2 rings (SSSR count). The number of nitrogens with zero attached hydrogens (tertiary/aromatic N) is 1. The third kappa shape index (κ3) is 2.56. The van der Waals surface area contributed by atoms with E-state index in [4.69, 9.17) is 4.42 Å². The molecule has 0 bridgehead atoms. The van der Waals surface area contributed by atoms with Crippen molar-refractivity contribution in [2.75, 3.05) is 0 Å². The fourth-order valence-electron chi connectivity index (χ4n) is 2.55. The van der Waals surface area contributed by atoms with Gasteiger partial charge in [-0.25, -0.2) is 0 Å². The predicted molar refractivity (Wildman–Crippen MR) is 67.1 cm³/mol. The minimum Gasteiger partial charge on any atom is -0.452 e. The Labute approximate surface area is 110 Å². The van der Waals surface area contributed by atoms with Crippen LogP contribution in [0.1, 0.15) is 50.4 Å². The van der Waals surface area contributed by atoms with Crippen molar-refractivity contribution in [3.8, 4) is 6.07 Å². The van der Waals surface area contributed by atoms with Gasteiger partial charge in [-0.1, -0.05) is 25.7 Å². The number of aliphatic hydroxyl groups is 1. The zero-order valence-corrected chi connectivity index (χ0v) is 11.2. The monoisotopic (exact) mass is 297 g/mol. The predicted octanol–water partition coefficient (Wildman–Crippen LogP) is 3.94. The van der Waals surface area contributed by atoms with Gasteiger partial charge in [-0.05, 0) is 40.9 Å². The Morgan fingerprint density at radius 2 is 1.94 bits per heavy atom. The molecular weight excluding hydrogens is 282 g/mol. The van der Waals surface area contributed by atoms with E-state index >= 15 is 0 Å². The molecule has 1 N–H and O–H groups in total. The first-order chi connectivity index (χ1) is 8.18. The Balaban J connectivity index is 2.25. The van der Waals surface area contributed by atoms with Crippen molar-refractivity contribution in [2.45, 2.75) is 44.6 Å². The Kier molecular flexibility index (Phi) is 3.90. The lowest BCUT2D eigenvalue weighted by Crippen LogP contribution is -2.26. The molecule has 92 valence electrons. The topological polar surface area (TPSA) is 57.2 Å². The lowest BCUT2D eigenvalue weighted by atomic mass is 9.76. The fraction of sp³-hybridized carbons (Fsp3) is 0.615. The maximum absolute atomic E-state index is 10.4. The first-order valence-electron chi connectivity index (χ1n) is 6.02. The highest BCUT2D eigenvalue weighted by molar-refractivity contribution is 9.10. The Morgan fingerprint density at radius 1 is 1.29 bits per heavy atom. The molecule has 0 amide bonds. The molecule has 1 aliphatic rings. The lowest BCUT2D eigenvalue weighted by molar-refractivity contribution is 0.0331. The van der Waals surface area contributed by atoms with Gasteiger partial charge in [0.15, 0.2) is 4.67 Å². The van der Waals surface area contributed by atoms with Crippen molar-refractivity contribution in [3.63, 3.8) is 0 Å². The van der Waals surface area contributed by atoms with Crippen molar-refractivity contribution in [3.05, 3.63) is 22.6 Å². The van der Waals surface area contributed by atoms with Crippen LogP contribution >= 0.6 is 15.9 Å². The van der Waals surface area contributed by atoms with Gasteiger partial charge in [0.25, 0.3) is 0 Å². The van der Waals surface area contributed by atoms with Crippen LogP contribution in [0, 0.1) is 16.7 Å². The average molecular weight is 298 g/mol. The maximum atomic E-state index is 10.4. The summed E-state index contributed by atoms with van der Waals surface area (Å²) in [6.07, 6.45) is 5.00. The van der Waals surface area contributed by atoms with E-state index in [0.29, 0.717) is 10.4 Å². The van der Waals surface area contributed by atoms with Gasteiger partial charge in [-0.15, -0.1) is 0 Å². The summed E-state index contributed by atoms with van der Waals surface area (Å²) in [7, 11) is 0. The molecule has 1 heterocycles. The van der Waals surface area contributed by atoms with Crippen LogP contribution in [-0.4, -0.2) is 5.11 Å². The van der Waals surface area contributed by atoms with E-state index in [1.807, 2.05) is 0 Å². The zero-order valence-electron chi connectivity index (χ0n) is 9.66. The summed E-state index contributed by atoms with van der Waals surface area (Å²) in [5, 5.41) is 19.8. The second-order valence-electron chi connectivity index (χ2n) is 4.73. The Hall–Kier alpha value is -0.790. The standard InChI is InChI=1S/C13H16BrNO2/c14-11-6-5-10(17-11)12(16)13(9-15)7-3-1-2-4-8-13/h5-6,12,16H,1-4,7-8H2. The number of nitriles is 1. The van der Waals surface area contributed by atoms with Crippen molar-refractivity contribution in [1.82, 2.24) is 0 Å². The molecule has 1 unspecified atom stereocenters. The van der Waals surface area contributed by atoms with Crippen LogP contribution in [-0.2, 0) is 0 Å². The van der Waals surface area contributed by atoms with Gasteiger partial charge in [-0.2, -0.15) is 5.26 Å². The molecule has 3 nitrogen and oxygen atoms in total. The summed E-state index contributed by atoms with van der Waals surface area (Å²) in [6.45, 7) is 0. The number of hydrogen-bond donors (Lipinski definition) is 1. The molecule has 0 aliphatic heterocycles. The number of hydrogen-bond acceptors (Lipinski definition) is 3. The summed E-state index contributed by atoms with van der Waals surface area (Å²) in [5.74, 6) is 0.486. The van der Waals surface area contributed by atoms with Crippen molar-refractivity contribution < 1.29 is 9.52 Å². The largest absolute Gasteiger partial charge is 0.452 e. The molecule has 1 aromatic rings. The highest BCUT2D eigenvalue weighted by atomic mass is 79.9. The first kappa shape index (κ1) is 12.7. The summed E-state index contributed by atoms with van der Waals surface area (Å²) >= 11 is 3.22. The van der Waals surface area contributed by atoms with Crippen LogP contribution in [0.25, 0.3) is 0 Å². The molecular formula is C13H16BrNO2. The van der Waals surface area contributed by atoms with Gasteiger partial charge < -0.3 is 9.52 Å². The van der Waals surface area contributed by atoms with Crippen LogP contribution < -0.4 is 0 Å². The zero-order chi connectivity index (χ0) is 12.3. The fourth-order valence-corrected chi connectivity index (χ4v) is 2.87. The molecule has 1 saturated carbocycles.